The summed E-state index contributed by atoms with van der Waals surface area (Å²) in [6.45, 7) is 12.5. The molecule has 1 aromatic heterocycles. The average molecular weight is 339 g/mol. The van der Waals surface area contributed by atoms with Crippen molar-refractivity contribution < 1.29 is 0 Å². The van der Waals surface area contributed by atoms with Gasteiger partial charge in [0.2, 0.25) is 17.8 Å². The van der Waals surface area contributed by atoms with Gasteiger partial charge in [-0.2, -0.15) is 15.0 Å². The third kappa shape index (κ3) is 6.81. The van der Waals surface area contributed by atoms with Crippen LogP contribution in [0.4, 0.5) is 17.8 Å². The summed E-state index contributed by atoms with van der Waals surface area (Å²) >= 11 is 1.73. The molecule has 3 N–H and O–H groups in total. The van der Waals surface area contributed by atoms with Crippen molar-refractivity contribution in [2.24, 2.45) is 0 Å². The highest BCUT2D eigenvalue weighted by atomic mass is 32.2. The monoisotopic (exact) mass is 338 g/mol. The van der Waals surface area contributed by atoms with Crippen LogP contribution in [-0.4, -0.2) is 31.3 Å². The highest BCUT2D eigenvalue weighted by Crippen LogP contribution is 2.29. The lowest BCUT2D eigenvalue weighted by molar-refractivity contribution is 0.617. The molecule has 1 saturated carbocycles. The number of nitrogens with one attached hydrogen (secondary N) is 3. The van der Waals surface area contributed by atoms with Crippen LogP contribution in [0, 0.1) is 0 Å². The number of aromatic nitrogens is 3. The molecule has 0 aliphatic heterocycles. The molecule has 0 atom stereocenters. The highest BCUT2D eigenvalue weighted by molar-refractivity contribution is 8.01. The summed E-state index contributed by atoms with van der Waals surface area (Å²) in [5.74, 6) is 1.79. The van der Waals surface area contributed by atoms with Gasteiger partial charge in [-0.3, -0.25) is 4.72 Å². The SMILES string of the molecule is CC(C)(C)Nc1nc(NSC2CCCC2)nc(NC(C)(C)C)n1. The Bertz CT molecular complexity index is 480. The average Bonchev–Trinajstić information content (AvgIpc) is 2.84. The van der Waals surface area contributed by atoms with E-state index in [9.17, 15) is 0 Å². The first kappa shape index (κ1) is 18.1. The molecule has 0 aromatic carbocycles. The number of hydrogen-bond donors (Lipinski definition) is 3. The van der Waals surface area contributed by atoms with Gasteiger partial charge < -0.3 is 10.6 Å². The predicted molar refractivity (Wildman–Crippen MR) is 100 cm³/mol. The first-order valence-electron chi connectivity index (χ1n) is 8.35. The van der Waals surface area contributed by atoms with Crippen molar-refractivity contribution >= 4 is 29.8 Å². The van der Waals surface area contributed by atoms with Crippen molar-refractivity contribution in [3.63, 3.8) is 0 Å². The van der Waals surface area contributed by atoms with Gasteiger partial charge in [-0.1, -0.05) is 12.8 Å². The van der Waals surface area contributed by atoms with E-state index < -0.39 is 0 Å². The number of anilines is 3. The Labute approximate surface area is 144 Å². The molecule has 1 fully saturated rings. The third-order valence-electron chi connectivity index (χ3n) is 3.23. The van der Waals surface area contributed by atoms with Crippen LogP contribution < -0.4 is 15.4 Å². The van der Waals surface area contributed by atoms with Gasteiger partial charge in [-0.25, -0.2) is 0 Å². The Morgan fingerprint density at radius 3 is 1.65 bits per heavy atom. The normalized spacial score (nSPS) is 16.4. The standard InChI is InChI=1S/C16H30N6S/c1-15(2,3)20-12-17-13(21-16(4,5)6)19-14(18-12)22-23-11-9-7-8-10-11/h11H,7-10H2,1-6H3,(H3,17,18,19,20,21,22). The van der Waals surface area contributed by atoms with E-state index in [4.69, 9.17) is 0 Å². The molecular formula is C16H30N6S. The van der Waals surface area contributed by atoms with Gasteiger partial charge in [0.1, 0.15) is 0 Å². The van der Waals surface area contributed by atoms with Crippen LogP contribution >= 0.6 is 11.9 Å². The molecule has 130 valence electrons. The first-order chi connectivity index (χ1) is 10.6. The zero-order valence-corrected chi connectivity index (χ0v) is 16.0. The van der Waals surface area contributed by atoms with E-state index >= 15 is 0 Å². The number of rotatable bonds is 5. The van der Waals surface area contributed by atoms with E-state index in [1.807, 2.05) is 0 Å². The summed E-state index contributed by atoms with van der Waals surface area (Å²) in [5, 5.41) is 7.31. The first-order valence-corrected chi connectivity index (χ1v) is 9.23. The Hall–Kier alpha value is -1.24. The van der Waals surface area contributed by atoms with Crippen LogP contribution in [0.5, 0.6) is 0 Å². The molecule has 0 unspecified atom stereocenters. The van der Waals surface area contributed by atoms with Crippen molar-refractivity contribution in [1.29, 1.82) is 0 Å². The van der Waals surface area contributed by atoms with Crippen molar-refractivity contribution in [1.82, 2.24) is 15.0 Å². The third-order valence-corrected chi connectivity index (χ3v) is 4.33. The fourth-order valence-corrected chi connectivity index (χ4v) is 3.28. The molecular weight excluding hydrogens is 308 g/mol. The molecule has 0 saturated heterocycles. The van der Waals surface area contributed by atoms with Crippen LogP contribution in [0.1, 0.15) is 67.2 Å². The molecule has 6 nitrogen and oxygen atoms in total. The van der Waals surface area contributed by atoms with Crippen LogP contribution in [-0.2, 0) is 0 Å². The zero-order valence-electron chi connectivity index (χ0n) is 15.2. The molecule has 1 heterocycles. The van der Waals surface area contributed by atoms with E-state index in [-0.39, 0.29) is 11.1 Å². The Balaban J connectivity index is 2.13. The maximum absolute atomic E-state index is 4.50. The minimum absolute atomic E-state index is 0.101. The Morgan fingerprint density at radius 1 is 0.783 bits per heavy atom. The van der Waals surface area contributed by atoms with E-state index in [1.165, 1.54) is 25.7 Å². The molecule has 1 aliphatic rings. The smallest absolute Gasteiger partial charge is 0.239 e. The summed E-state index contributed by atoms with van der Waals surface area (Å²) in [6.07, 6.45) is 5.18. The van der Waals surface area contributed by atoms with Crippen LogP contribution in [0.25, 0.3) is 0 Å². The van der Waals surface area contributed by atoms with E-state index in [2.05, 4.69) is 71.9 Å². The summed E-state index contributed by atoms with van der Waals surface area (Å²) in [7, 11) is 0. The second kappa shape index (κ2) is 7.11. The van der Waals surface area contributed by atoms with Gasteiger partial charge in [-0.15, -0.1) is 0 Å². The molecule has 0 spiro atoms. The molecule has 1 aliphatic carbocycles. The molecule has 0 radical (unpaired) electrons. The molecule has 2 rings (SSSR count). The quantitative estimate of drug-likeness (QED) is 0.691. The summed E-state index contributed by atoms with van der Waals surface area (Å²) in [4.78, 5) is 13.5. The second-order valence-corrected chi connectivity index (χ2v) is 9.29. The lowest BCUT2D eigenvalue weighted by Crippen LogP contribution is -2.30. The van der Waals surface area contributed by atoms with Gasteiger partial charge >= 0.3 is 0 Å². The number of hydrogen-bond acceptors (Lipinski definition) is 7. The Kier molecular flexibility index (Phi) is 5.60. The lowest BCUT2D eigenvalue weighted by atomic mass is 10.1. The van der Waals surface area contributed by atoms with E-state index in [0.717, 1.165) is 0 Å². The van der Waals surface area contributed by atoms with Crippen LogP contribution in [0.15, 0.2) is 0 Å². The van der Waals surface area contributed by atoms with Crippen LogP contribution in [0.2, 0.25) is 0 Å². The predicted octanol–water partition coefficient (Wildman–Crippen LogP) is 4.30. The topological polar surface area (TPSA) is 74.8 Å². The fraction of sp³-hybridized carbons (Fsp3) is 0.812. The van der Waals surface area contributed by atoms with Crippen molar-refractivity contribution in [2.75, 3.05) is 15.4 Å². The van der Waals surface area contributed by atoms with Gasteiger partial charge in [0.25, 0.3) is 0 Å². The van der Waals surface area contributed by atoms with Crippen molar-refractivity contribution in [2.45, 2.75) is 83.6 Å². The van der Waals surface area contributed by atoms with Crippen molar-refractivity contribution in [3.05, 3.63) is 0 Å². The highest BCUT2D eigenvalue weighted by Gasteiger charge is 2.19. The largest absolute Gasteiger partial charge is 0.349 e. The van der Waals surface area contributed by atoms with Crippen LogP contribution in [0.3, 0.4) is 0 Å². The second-order valence-electron chi connectivity index (χ2n) is 8.18. The molecule has 0 amide bonds. The fourth-order valence-electron chi connectivity index (χ4n) is 2.35. The molecule has 0 bridgehead atoms. The van der Waals surface area contributed by atoms with Gasteiger partial charge in [0.15, 0.2) is 0 Å². The summed E-state index contributed by atoms with van der Waals surface area (Å²) in [5.41, 5.74) is -0.202. The molecule has 23 heavy (non-hydrogen) atoms. The van der Waals surface area contributed by atoms with Crippen molar-refractivity contribution in [3.8, 4) is 0 Å². The summed E-state index contributed by atoms with van der Waals surface area (Å²) < 4.78 is 3.31. The zero-order chi connectivity index (χ0) is 17.1. The van der Waals surface area contributed by atoms with E-state index in [0.29, 0.717) is 23.1 Å². The summed E-state index contributed by atoms with van der Waals surface area (Å²) in [6, 6.07) is 0. The number of nitrogens with zero attached hydrogens (tertiary/aromatic N) is 3. The van der Waals surface area contributed by atoms with Gasteiger partial charge in [0.05, 0.1) is 0 Å². The molecule has 7 heteroatoms. The molecule has 1 aromatic rings. The van der Waals surface area contributed by atoms with E-state index in [1.54, 1.807) is 11.9 Å². The van der Waals surface area contributed by atoms with Gasteiger partial charge in [0, 0.05) is 16.3 Å². The van der Waals surface area contributed by atoms with Gasteiger partial charge in [-0.05, 0) is 66.3 Å². The minimum Gasteiger partial charge on any atom is -0.349 e. The Morgan fingerprint density at radius 2 is 1.22 bits per heavy atom. The maximum atomic E-state index is 4.50. The minimum atomic E-state index is -0.101. The lowest BCUT2D eigenvalue weighted by Gasteiger charge is -2.23. The maximum Gasteiger partial charge on any atom is 0.239 e.